The molecule has 0 radical (unpaired) electrons. The Bertz CT molecular complexity index is 1040. The van der Waals surface area contributed by atoms with Crippen LogP contribution in [-0.4, -0.2) is 41.8 Å². The number of rotatable bonds is 7. The van der Waals surface area contributed by atoms with Crippen LogP contribution in [0.3, 0.4) is 0 Å². The molecule has 0 saturated heterocycles. The van der Waals surface area contributed by atoms with Gasteiger partial charge in [0, 0.05) is 12.0 Å². The monoisotopic (exact) mass is 478 g/mol. The van der Waals surface area contributed by atoms with Gasteiger partial charge in [0.25, 0.3) is 0 Å². The molecule has 2 aliphatic carbocycles. The van der Waals surface area contributed by atoms with Crippen LogP contribution in [0.15, 0.2) is 48.5 Å². The third kappa shape index (κ3) is 5.50. The minimum Gasteiger partial charge on any atom is -0.480 e. The van der Waals surface area contributed by atoms with Gasteiger partial charge in [-0.15, -0.1) is 0 Å². The maximum atomic E-state index is 13.0. The lowest BCUT2D eigenvalue weighted by Crippen LogP contribution is -2.51. The SMILES string of the molecule is CC(C)[C@@H](NC(=O)[C@@H]1CCCCC[C@@H]1NC(=O)OCC1c2ccccc2-c2ccccc21)C(=O)O. The summed E-state index contributed by atoms with van der Waals surface area (Å²) in [4.78, 5) is 37.5. The summed E-state index contributed by atoms with van der Waals surface area (Å²) in [6.07, 6.45) is 3.44. The second kappa shape index (κ2) is 10.9. The van der Waals surface area contributed by atoms with Crippen LogP contribution in [-0.2, 0) is 14.3 Å². The summed E-state index contributed by atoms with van der Waals surface area (Å²) in [6, 6.07) is 15.0. The average Bonchev–Trinajstić information content (AvgIpc) is 2.97. The van der Waals surface area contributed by atoms with E-state index in [9.17, 15) is 19.5 Å². The van der Waals surface area contributed by atoms with E-state index < -0.39 is 30.1 Å². The molecule has 35 heavy (non-hydrogen) atoms. The second-order valence-corrected chi connectivity index (χ2v) is 9.89. The van der Waals surface area contributed by atoms with Crippen LogP contribution in [0.5, 0.6) is 0 Å². The standard InChI is InChI=1S/C28H34N2O5/c1-17(2)25(27(32)33)30-26(31)22-14-4-3-5-15-24(22)29-28(34)35-16-23-20-12-8-6-10-18(20)19-11-7-9-13-21(19)23/h6-13,17,22-25H,3-5,14-16H2,1-2H3,(H,29,34)(H,30,31)(H,32,33)/t22-,24+,25-/m1/s1. The molecule has 3 N–H and O–H groups in total. The van der Waals surface area contributed by atoms with Gasteiger partial charge in [-0.2, -0.15) is 0 Å². The van der Waals surface area contributed by atoms with E-state index in [0.29, 0.717) is 12.8 Å². The van der Waals surface area contributed by atoms with Crippen LogP contribution >= 0.6 is 0 Å². The first-order chi connectivity index (χ1) is 16.9. The largest absolute Gasteiger partial charge is 0.480 e. The Morgan fingerprint density at radius 3 is 2.14 bits per heavy atom. The summed E-state index contributed by atoms with van der Waals surface area (Å²) in [5, 5.41) is 15.1. The van der Waals surface area contributed by atoms with Crippen LogP contribution in [0.4, 0.5) is 4.79 Å². The van der Waals surface area contributed by atoms with Crippen LogP contribution in [0.25, 0.3) is 11.1 Å². The van der Waals surface area contributed by atoms with Crippen molar-refractivity contribution in [2.45, 2.75) is 64.0 Å². The maximum absolute atomic E-state index is 13.0. The quantitative estimate of drug-likeness (QED) is 0.501. The number of carbonyl (C=O) groups is 3. The van der Waals surface area contributed by atoms with Crippen molar-refractivity contribution in [2.75, 3.05) is 6.61 Å². The highest BCUT2D eigenvalue weighted by Crippen LogP contribution is 2.44. The Morgan fingerprint density at radius 1 is 0.943 bits per heavy atom. The number of fused-ring (bicyclic) bond motifs is 3. The average molecular weight is 479 g/mol. The zero-order valence-corrected chi connectivity index (χ0v) is 20.3. The van der Waals surface area contributed by atoms with Gasteiger partial charge in [-0.3, -0.25) is 4.79 Å². The molecule has 2 aromatic rings. The predicted octanol–water partition coefficient (Wildman–Crippen LogP) is 4.70. The van der Waals surface area contributed by atoms with Crippen molar-refractivity contribution < 1.29 is 24.2 Å². The lowest BCUT2D eigenvalue weighted by Gasteiger charge is -2.27. The molecule has 2 amide bonds. The molecule has 0 unspecified atom stereocenters. The van der Waals surface area contributed by atoms with E-state index >= 15 is 0 Å². The third-order valence-corrected chi connectivity index (χ3v) is 7.23. The fraction of sp³-hybridized carbons (Fsp3) is 0.464. The third-order valence-electron chi connectivity index (χ3n) is 7.23. The van der Waals surface area contributed by atoms with Gasteiger partial charge >= 0.3 is 12.1 Å². The number of carbonyl (C=O) groups excluding carboxylic acids is 2. The molecule has 2 aliphatic rings. The van der Waals surface area contributed by atoms with Crippen LogP contribution < -0.4 is 10.6 Å². The summed E-state index contributed by atoms with van der Waals surface area (Å²) < 4.78 is 5.69. The molecule has 3 atom stereocenters. The fourth-order valence-electron chi connectivity index (χ4n) is 5.36. The molecule has 0 bridgehead atoms. The molecule has 7 heteroatoms. The second-order valence-electron chi connectivity index (χ2n) is 9.89. The van der Waals surface area contributed by atoms with Crippen molar-refractivity contribution >= 4 is 18.0 Å². The van der Waals surface area contributed by atoms with Gasteiger partial charge in [0.05, 0.1) is 5.92 Å². The van der Waals surface area contributed by atoms with E-state index in [2.05, 4.69) is 34.9 Å². The number of amides is 2. The molecule has 186 valence electrons. The van der Waals surface area contributed by atoms with Crippen molar-refractivity contribution in [2.24, 2.45) is 11.8 Å². The molecule has 2 aromatic carbocycles. The van der Waals surface area contributed by atoms with Crippen LogP contribution in [0.2, 0.25) is 0 Å². The highest BCUT2D eigenvalue weighted by atomic mass is 16.5. The lowest BCUT2D eigenvalue weighted by molar-refractivity contribution is -0.144. The first-order valence-electron chi connectivity index (χ1n) is 12.5. The van der Waals surface area contributed by atoms with E-state index in [1.807, 2.05) is 24.3 Å². The van der Waals surface area contributed by atoms with Gasteiger partial charge in [0.15, 0.2) is 0 Å². The fourth-order valence-corrected chi connectivity index (χ4v) is 5.36. The van der Waals surface area contributed by atoms with E-state index in [-0.39, 0.29) is 24.3 Å². The maximum Gasteiger partial charge on any atom is 0.407 e. The van der Waals surface area contributed by atoms with Gasteiger partial charge in [0.1, 0.15) is 12.6 Å². The first-order valence-corrected chi connectivity index (χ1v) is 12.5. The molecule has 0 heterocycles. The minimum atomic E-state index is -1.05. The Kier molecular flexibility index (Phi) is 7.73. The number of nitrogens with one attached hydrogen (secondary N) is 2. The molecular formula is C28H34N2O5. The van der Waals surface area contributed by atoms with Crippen molar-refractivity contribution in [3.05, 3.63) is 59.7 Å². The van der Waals surface area contributed by atoms with Gasteiger partial charge < -0.3 is 20.5 Å². The summed E-state index contributed by atoms with van der Waals surface area (Å²) in [7, 11) is 0. The summed E-state index contributed by atoms with van der Waals surface area (Å²) in [6.45, 7) is 3.73. The van der Waals surface area contributed by atoms with Gasteiger partial charge in [-0.25, -0.2) is 9.59 Å². The molecule has 0 aliphatic heterocycles. The minimum absolute atomic E-state index is 0.0382. The van der Waals surface area contributed by atoms with Crippen molar-refractivity contribution in [1.29, 1.82) is 0 Å². The van der Waals surface area contributed by atoms with E-state index in [0.717, 1.165) is 41.5 Å². The Labute approximate surface area is 206 Å². The predicted molar refractivity (Wildman–Crippen MR) is 133 cm³/mol. The Hall–Kier alpha value is -3.35. The molecular weight excluding hydrogens is 444 g/mol. The zero-order valence-electron chi connectivity index (χ0n) is 20.3. The van der Waals surface area contributed by atoms with Crippen molar-refractivity contribution in [3.63, 3.8) is 0 Å². The van der Waals surface area contributed by atoms with Crippen LogP contribution in [0.1, 0.15) is 63.0 Å². The number of alkyl carbamates (subject to hydrolysis) is 1. The van der Waals surface area contributed by atoms with Gasteiger partial charge in [0.2, 0.25) is 5.91 Å². The van der Waals surface area contributed by atoms with Gasteiger partial charge in [-0.05, 0) is 41.0 Å². The van der Waals surface area contributed by atoms with Crippen molar-refractivity contribution in [1.82, 2.24) is 10.6 Å². The van der Waals surface area contributed by atoms with Crippen molar-refractivity contribution in [3.8, 4) is 11.1 Å². The summed E-state index contributed by atoms with van der Waals surface area (Å²) in [5.41, 5.74) is 4.61. The smallest absolute Gasteiger partial charge is 0.407 e. The van der Waals surface area contributed by atoms with Gasteiger partial charge in [-0.1, -0.05) is 81.6 Å². The number of aliphatic carboxylic acids is 1. The highest BCUT2D eigenvalue weighted by molar-refractivity contribution is 5.86. The molecule has 4 rings (SSSR count). The highest BCUT2D eigenvalue weighted by Gasteiger charge is 2.35. The number of carboxylic acid groups (broad SMARTS) is 1. The zero-order chi connectivity index (χ0) is 24.9. The molecule has 0 aromatic heterocycles. The van der Waals surface area contributed by atoms with Crippen LogP contribution in [0, 0.1) is 11.8 Å². The molecule has 1 fully saturated rings. The number of ether oxygens (including phenoxy) is 1. The topological polar surface area (TPSA) is 105 Å². The lowest BCUT2D eigenvalue weighted by atomic mass is 9.92. The van der Waals surface area contributed by atoms with E-state index in [4.69, 9.17) is 4.74 Å². The van der Waals surface area contributed by atoms with E-state index in [1.165, 1.54) is 0 Å². The number of hydrogen-bond acceptors (Lipinski definition) is 4. The first kappa shape index (κ1) is 24.8. The number of carboxylic acids is 1. The normalized spacial score (nSPS) is 20.3. The number of hydrogen-bond donors (Lipinski definition) is 3. The summed E-state index contributed by atoms with van der Waals surface area (Å²) in [5.74, 6) is -2.14. The Balaban J connectivity index is 1.42. The molecule has 7 nitrogen and oxygen atoms in total. The molecule has 1 saturated carbocycles. The number of benzene rings is 2. The molecule has 0 spiro atoms. The summed E-state index contributed by atoms with van der Waals surface area (Å²) >= 11 is 0. The Morgan fingerprint density at radius 2 is 1.54 bits per heavy atom. The van der Waals surface area contributed by atoms with E-state index in [1.54, 1.807) is 13.8 Å².